The second-order valence-corrected chi connectivity index (χ2v) is 5.27. The molecular formula is C10H15N3O4S. The van der Waals surface area contributed by atoms with Crippen molar-refractivity contribution >= 4 is 29.7 Å². The van der Waals surface area contributed by atoms with Gasteiger partial charge in [0.05, 0.1) is 11.0 Å². The summed E-state index contributed by atoms with van der Waals surface area (Å²) >= 11 is 1.02. The van der Waals surface area contributed by atoms with Crippen LogP contribution in [0.5, 0.6) is 0 Å². The van der Waals surface area contributed by atoms with Crippen molar-refractivity contribution < 1.29 is 19.1 Å². The minimum atomic E-state index is -0.951. The molecule has 0 saturated heterocycles. The van der Waals surface area contributed by atoms with E-state index in [0.717, 1.165) is 11.8 Å². The van der Waals surface area contributed by atoms with Gasteiger partial charge >= 0.3 is 12.0 Å². The molecule has 1 atom stereocenters. The first kappa shape index (κ1) is 14.5. The van der Waals surface area contributed by atoms with Crippen molar-refractivity contribution in [3.63, 3.8) is 0 Å². The second-order valence-electron chi connectivity index (χ2n) is 3.94. The van der Waals surface area contributed by atoms with Gasteiger partial charge in [0.1, 0.15) is 0 Å². The van der Waals surface area contributed by atoms with Crippen LogP contribution in [0.25, 0.3) is 0 Å². The average molecular weight is 273 g/mol. The molecule has 0 aliphatic rings. The van der Waals surface area contributed by atoms with Crippen molar-refractivity contribution in [2.24, 2.45) is 0 Å². The summed E-state index contributed by atoms with van der Waals surface area (Å²) in [6.45, 7) is 5.30. The van der Waals surface area contributed by atoms with Crippen LogP contribution in [0.1, 0.15) is 32.6 Å². The number of carboxylic acids is 1. The van der Waals surface area contributed by atoms with Gasteiger partial charge < -0.3 is 9.52 Å². The van der Waals surface area contributed by atoms with Crippen molar-refractivity contribution in [2.75, 3.05) is 11.1 Å². The van der Waals surface area contributed by atoms with Gasteiger partial charge in [-0.2, -0.15) is 0 Å². The van der Waals surface area contributed by atoms with Gasteiger partial charge in [0.15, 0.2) is 0 Å². The van der Waals surface area contributed by atoms with Gasteiger partial charge in [-0.1, -0.05) is 18.9 Å². The van der Waals surface area contributed by atoms with E-state index in [1.54, 1.807) is 0 Å². The molecular weight excluding hydrogens is 258 g/mol. The molecule has 1 amide bonds. The zero-order valence-electron chi connectivity index (χ0n) is 10.3. The number of aromatic nitrogens is 2. The highest BCUT2D eigenvalue weighted by molar-refractivity contribution is 8.01. The number of amides is 1. The Morgan fingerprint density at radius 2 is 2.06 bits per heavy atom. The predicted octanol–water partition coefficient (Wildman–Crippen LogP) is 1.34. The zero-order valence-corrected chi connectivity index (χ0v) is 11.2. The van der Waals surface area contributed by atoms with Crippen LogP contribution in [0.3, 0.4) is 0 Å². The van der Waals surface area contributed by atoms with Crippen molar-refractivity contribution in [3.8, 4) is 0 Å². The molecule has 1 aromatic rings. The van der Waals surface area contributed by atoms with Crippen molar-refractivity contribution in [3.05, 3.63) is 5.89 Å². The van der Waals surface area contributed by atoms with Gasteiger partial charge in [0.25, 0.3) is 0 Å². The summed E-state index contributed by atoms with van der Waals surface area (Å²) in [4.78, 5) is 22.0. The zero-order chi connectivity index (χ0) is 13.7. The molecule has 1 rings (SSSR count). The van der Waals surface area contributed by atoms with Crippen LogP contribution in [0.2, 0.25) is 0 Å². The summed E-state index contributed by atoms with van der Waals surface area (Å²) in [5, 5.41) is 17.9. The number of carboxylic acid groups (broad SMARTS) is 1. The molecule has 18 heavy (non-hydrogen) atoms. The Labute approximate surface area is 108 Å². The first-order valence-electron chi connectivity index (χ1n) is 5.37. The lowest BCUT2D eigenvalue weighted by Crippen LogP contribution is -2.19. The van der Waals surface area contributed by atoms with E-state index in [9.17, 15) is 9.59 Å². The Morgan fingerprint density at radius 3 is 2.56 bits per heavy atom. The third kappa shape index (κ3) is 4.36. The van der Waals surface area contributed by atoms with Crippen LogP contribution in [-0.2, 0) is 9.59 Å². The molecule has 0 spiro atoms. The third-order valence-electron chi connectivity index (χ3n) is 1.99. The highest BCUT2D eigenvalue weighted by Crippen LogP contribution is 2.15. The summed E-state index contributed by atoms with van der Waals surface area (Å²) in [6, 6.07) is 0.0345. The van der Waals surface area contributed by atoms with Crippen molar-refractivity contribution in [1.29, 1.82) is 0 Å². The van der Waals surface area contributed by atoms with E-state index in [4.69, 9.17) is 9.52 Å². The Morgan fingerprint density at radius 1 is 1.39 bits per heavy atom. The standard InChI is InChI=1S/C10H15N3O4S/c1-5(2)8-12-13-10(17-8)11-7(14)4-18-6(3)9(15)16/h5-6H,4H2,1-3H3,(H,15,16)(H,11,13,14). The van der Waals surface area contributed by atoms with E-state index in [-0.39, 0.29) is 23.6 Å². The van der Waals surface area contributed by atoms with E-state index in [1.807, 2.05) is 13.8 Å². The van der Waals surface area contributed by atoms with Crippen LogP contribution in [0, 0.1) is 0 Å². The van der Waals surface area contributed by atoms with Crippen LogP contribution in [0.4, 0.5) is 6.01 Å². The van der Waals surface area contributed by atoms with Gasteiger partial charge in [-0.05, 0) is 6.92 Å². The fraction of sp³-hybridized carbons (Fsp3) is 0.600. The largest absolute Gasteiger partial charge is 0.480 e. The lowest BCUT2D eigenvalue weighted by Gasteiger charge is -2.04. The number of rotatable bonds is 6. The number of anilines is 1. The van der Waals surface area contributed by atoms with Crippen LogP contribution in [0.15, 0.2) is 4.42 Å². The molecule has 1 aromatic heterocycles. The SMILES string of the molecule is CC(SCC(=O)Nc1nnc(C(C)C)o1)C(=O)O. The molecule has 2 N–H and O–H groups in total. The number of nitrogens with zero attached hydrogens (tertiary/aromatic N) is 2. The molecule has 1 unspecified atom stereocenters. The Balaban J connectivity index is 2.42. The Kier molecular flexibility index (Phi) is 5.14. The minimum absolute atomic E-state index is 0.0207. The summed E-state index contributed by atoms with van der Waals surface area (Å²) in [6.07, 6.45) is 0. The molecule has 7 nitrogen and oxygen atoms in total. The Bertz CT molecular complexity index is 433. The molecule has 0 bridgehead atoms. The van der Waals surface area contributed by atoms with Gasteiger partial charge in [-0.25, -0.2) is 0 Å². The van der Waals surface area contributed by atoms with Crippen molar-refractivity contribution in [2.45, 2.75) is 31.9 Å². The van der Waals surface area contributed by atoms with Crippen molar-refractivity contribution in [1.82, 2.24) is 10.2 Å². The third-order valence-corrected chi connectivity index (χ3v) is 3.12. The second kappa shape index (κ2) is 6.39. The fourth-order valence-corrected chi connectivity index (χ4v) is 1.56. The lowest BCUT2D eigenvalue weighted by molar-refractivity contribution is -0.136. The maximum atomic E-state index is 11.5. The first-order valence-corrected chi connectivity index (χ1v) is 6.42. The summed E-state index contributed by atoms with van der Waals surface area (Å²) in [5.41, 5.74) is 0. The predicted molar refractivity (Wildman–Crippen MR) is 66.6 cm³/mol. The van der Waals surface area contributed by atoms with E-state index in [0.29, 0.717) is 5.89 Å². The van der Waals surface area contributed by atoms with Gasteiger partial charge in [-0.3, -0.25) is 14.9 Å². The summed E-state index contributed by atoms with van der Waals surface area (Å²) in [7, 11) is 0. The maximum Gasteiger partial charge on any atom is 0.322 e. The fourth-order valence-electron chi connectivity index (χ4n) is 0.946. The number of aliphatic carboxylic acids is 1. The summed E-state index contributed by atoms with van der Waals surface area (Å²) < 4.78 is 5.19. The van der Waals surface area contributed by atoms with E-state index < -0.39 is 11.2 Å². The number of nitrogens with one attached hydrogen (secondary N) is 1. The smallest absolute Gasteiger partial charge is 0.322 e. The minimum Gasteiger partial charge on any atom is -0.480 e. The van der Waals surface area contributed by atoms with Crippen LogP contribution in [-0.4, -0.2) is 38.2 Å². The lowest BCUT2D eigenvalue weighted by atomic mass is 10.2. The molecule has 0 aliphatic carbocycles. The first-order chi connectivity index (χ1) is 8.40. The molecule has 0 fully saturated rings. The monoisotopic (exact) mass is 273 g/mol. The Hall–Kier alpha value is -1.57. The van der Waals surface area contributed by atoms with E-state index in [2.05, 4.69) is 15.5 Å². The number of hydrogen-bond acceptors (Lipinski definition) is 6. The quantitative estimate of drug-likeness (QED) is 0.805. The van der Waals surface area contributed by atoms with Crippen LogP contribution >= 0.6 is 11.8 Å². The molecule has 8 heteroatoms. The highest BCUT2D eigenvalue weighted by Gasteiger charge is 2.15. The van der Waals surface area contributed by atoms with Gasteiger partial charge in [0.2, 0.25) is 11.8 Å². The normalized spacial score (nSPS) is 12.4. The number of hydrogen-bond donors (Lipinski definition) is 2. The molecule has 0 saturated carbocycles. The topological polar surface area (TPSA) is 105 Å². The summed E-state index contributed by atoms with van der Waals surface area (Å²) in [5.74, 6) is -0.770. The van der Waals surface area contributed by atoms with Gasteiger partial charge in [0, 0.05) is 5.92 Å². The molecule has 1 heterocycles. The van der Waals surface area contributed by atoms with Crippen LogP contribution < -0.4 is 5.32 Å². The number of thioether (sulfide) groups is 1. The van der Waals surface area contributed by atoms with E-state index in [1.165, 1.54) is 6.92 Å². The maximum absolute atomic E-state index is 11.5. The number of carbonyl (C=O) groups is 2. The highest BCUT2D eigenvalue weighted by atomic mass is 32.2. The van der Waals surface area contributed by atoms with Gasteiger partial charge in [-0.15, -0.1) is 16.9 Å². The van der Waals surface area contributed by atoms with E-state index >= 15 is 0 Å². The molecule has 100 valence electrons. The average Bonchev–Trinajstić information content (AvgIpc) is 2.74. The number of carbonyl (C=O) groups excluding carboxylic acids is 1. The molecule has 0 aliphatic heterocycles. The molecule has 0 aromatic carbocycles. The molecule has 0 radical (unpaired) electrons.